The largest absolute Gasteiger partial charge is 0.379 e. The number of benzene rings is 1. The van der Waals surface area contributed by atoms with Crippen LogP contribution in [0.5, 0.6) is 0 Å². The molecule has 1 atom stereocenters. The number of thioether (sulfide) groups is 2. The third kappa shape index (κ3) is 7.36. The molecule has 2 rings (SSSR count). The molecule has 0 saturated carbocycles. The maximum absolute atomic E-state index is 7.68. The molecule has 0 bridgehead atoms. The van der Waals surface area contributed by atoms with Crippen molar-refractivity contribution >= 4 is 33.7 Å². The van der Waals surface area contributed by atoms with E-state index >= 15 is 0 Å². The highest BCUT2D eigenvalue weighted by Gasteiger charge is 2.13. The second-order valence-electron chi connectivity index (χ2n) is 5.84. The van der Waals surface area contributed by atoms with Crippen molar-refractivity contribution in [2.45, 2.75) is 32.1 Å². The summed E-state index contributed by atoms with van der Waals surface area (Å²) in [7, 11) is 0. The van der Waals surface area contributed by atoms with E-state index in [-0.39, 0.29) is 5.17 Å². The Bertz CT molecular complexity index is 667. The van der Waals surface area contributed by atoms with E-state index in [0.29, 0.717) is 11.0 Å². The lowest BCUT2D eigenvalue weighted by molar-refractivity contribution is 0.671. The van der Waals surface area contributed by atoms with Gasteiger partial charge in [0.25, 0.3) is 0 Å². The van der Waals surface area contributed by atoms with Crippen LogP contribution in [0.3, 0.4) is 0 Å². The van der Waals surface area contributed by atoms with Crippen LogP contribution in [-0.2, 0) is 12.8 Å². The first-order chi connectivity index (χ1) is 12.0. The van der Waals surface area contributed by atoms with Gasteiger partial charge in [-0.1, -0.05) is 36.0 Å². The predicted octanol–water partition coefficient (Wildman–Crippen LogP) is 4.03. The monoisotopic (exact) mass is 375 g/mol. The van der Waals surface area contributed by atoms with Crippen LogP contribution in [0.4, 0.5) is 0 Å². The summed E-state index contributed by atoms with van der Waals surface area (Å²) in [5, 5.41) is 15.8. The molecule has 0 aliphatic heterocycles. The fraction of sp³-hybridized carbons (Fsp3) is 0.389. The van der Waals surface area contributed by atoms with Crippen LogP contribution in [0.25, 0.3) is 0 Å². The number of nitrogens with one attached hydrogen (secondary N) is 3. The van der Waals surface area contributed by atoms with Crippen LogP contribution in [0.2, 0.25) is 0 Å². The molecule has 7 heteroatoms. The van der Waals surface area contributed by atoms with E-state index in [4.69, 9.17) is 16.6 Å². The van der Waals surface area contributed by atoms with Crippen LogP contribution in [0, 0.1) is 10.8 Å². The SMILES string of the molecule is CC(=N)SC[C@H](CCc1ncc[nH]1)c1ccc(CCSC(=N)N)cc1. The Morgan fingerprint density at radius 2 is 1.96 bits per heavy atom. The molecule has 0 aliphatic carbocycles. The van der Waals surface area contributed by atoms with Crippen LogP contribution in [-0.4, -0.2) is 31.7 Å². The number of aromatic amines is 1. The highest BCUT2D eigenvalue weighted by Crippen LogP contribution is 2.26. The highest BCUT2D eigenvalue weighted by molar-refractivity contribution is 8.13. The zero-order valence-corrected chi connectivity index (χ0v) is 16.1. The standard InChI is InChI=1S/C18H25N5S2/c1-13(19)25-12-16(6-7-17-22-9-10-23-17)15-4-2-14(3-5-15)8-11-24-18(20)21/h2-5,9-10,16,19H,6-8,11-12H2,1H3,(H3,20,21)(H,22,23)/t16-/m0/s1. The van der Waals surface area contributed by atoms with Crippen molar-refractivity contribution in [3.8, 4) is 0 Å². The number of imidazole rings is 1. The Kier molecular flexibility index (Phi) is 8.08. The number of rotatable bonds is 9. The summed E-state index contributed by atoms with van der Waals surface area (Å²) in [6.07, 6.45) is 6.47. The second-order valence-corrected chi connectivity index (χ2v) is 8.21. The van der Waals surface area contributed by atoms with Crippen molar-refractivity contribution in [1.29, 1.82) is 10.8 Å². The number of nitrogens with two attached hydrogens (primary N) is 1. The van der Waals surface area contributed by atoms with E-state index in [0.717, 1.165) is 36.6 Å². The summed E-state index contributed by atoms with van der Waals surface area (Å²) in [5.74, 6) is 3.16. The van der Waals surface area contributed by atoms with Crippen molar-refractivity contribution in [2.75, 3.05) is 11.5 Å². The summed E-state index contributed by atoms with van der Waals surface area (Å²) in [6, 6.07) is 8.72. The average Bonchev–Trinajstić information content (AvgIpc) is 3.09. The fourth-order valence-electron chi connectivity index (χ4n) is 2.55. The topological polar surface area (TPSA) is 102 Å². The van der Waals surface area contributed by atoms with Crippen molar-refractivity contribution in [2.24, 2.45) is 5.73 Å². The van der Waals surface area contributed by atoms with Crippen LogP contribution in [0.15, 0.2) is 36.7 Å². The van der Waals surface area contributed by atoms with Gasteiger partial charge in [-0.25, -0.2) is 4.98 Å². The molecule has 25 heavy (non-hydrogen) atoms. The molecule has 0 aliphatic rings. The molecule has 2 aromatic rings. The number of H-pyrrole nitrogens is 1. The Hall–Kier alpha value is -1.73. The molecule has 134 valence electrons. The lowest BCUT2D eigenvalue weighted by atomic mass is 9.94. The average molecular weight is 376 g/mol. The molecule has 0 amide bonds. The van der Waals surface area contributed by atoms with Crippen molar-refractivity contribution in [3.63, 3.8) is 0 Å². The Morgan fingerprint density at radius 3 is 2.56 bits per heavy atom. The van der Waals surface area contributed by atoms with E-state index in [2.05, 4.69) is 34.2 Å². The quantitative estimate of drug-likeness (QED) is 0.392. The third-order valence-electron chi connectivity index (χ3n) is 3.88. The molecule has 0 saturated heterocycles. The van der Waals surface area contributed by atoms with Gasteiger partial charge in [0.05, 0.1) is 5.04 Å². The summed E-state index contributed by atoms with van der Waals surface area (Å²) in [4.78, 5) is 7.46. The Labute approximate surface area is 157 Å². The number of hydrogen-bond acceptors (Lipinski definition) is 5. The summed E-state index contributed by atoms with van der Waals surface area (Å²) in [6.45, 7) is 1.84. The van der Waals surface area contributed by atoms with E-state index in [1.54, 1.807) is 18.0 Å². The van der Waals surface area contributed by atoms with Gasteiger partial charge >= 0.3 is 0 Å². The minimum Gasteiger partial charge on any atom is -0.379 e. The maximum atomic E-state index is 7.68. The van der Waals surface area contributed by atoms with Gasteiger partial charge in [-0.3, -0.25) is 10.8 Å². The minimum absolute atomic E-state index is 0.175. The van der Waals surface area contributed by atoms with Crippen molar-refractivity contribution in [1.82, 2.24) is 9.97 Å². The lowest BCUT2D eigenvalue weighted by Gasteiger charge is -2.17. The van der Waals surface area contributed by atoms with E-state index in [9.17, 15) is 0 Å². The van der Waals surface area contributed by atoms with Gasteiger partial charge < -0.3 is 10.7 Å². The number of hydrogen-bond donors (Lipinski definition) is 4. The van der Waals surface area contributed by atoms with Crippen LogP contribution in [0.1, 0.15) is 36.2 Å². The first kappa shape index (κ1) is 19.6. The second kappa shape index (κ2) is 10.3. The van der Waals surface area contributed by atoms with Crippen molar-refractivity contribution < 1.29 is 0 Å². The third-order valence-corrected chi connectivity index (χ3v) is 5.61. The van der Waals surface area contributed by atoms with Gasteiger partial charge in [-0.2, -0.15) is 0 Å². The smallest absolute Gasteiger partial charge is 0.151 e. The highest BCUT2D eigenvalue weighted by atomic mass is 32.2. The molecule has 1 aromatic heterocycles. The zero-order chi connectivity index (χ0) is 18.1. The normalized spacial score (nSPS) is 12.0. The minimum atomic E-state index is 0.175. The molecule has 0 spiro atoms. The molecule has 1 aromatic carbocycles. The zero-order valence-electron chi connectivity index (χ0n) is 14.4. The van der Waals surface area contributed by atoms with Gasteiger partial charge in [-0.05, 0) is 36.8 Å². The first-order valence-corrected chi connectivity index (χ1v) is 10.2. The Balaban J connectivity index is 1.96. The molecule has 1 heterocycles. The summed E-state index contributed by atoms with van der Waals surface area (Å²) < 4.78 is 0. The number of aryl methyl sites for hydroxylation is 2. The van der Waals surface area contributed by atoms with Gasteiger partial charge in [0.15, 0.2) is 5.17 Å². The molecule has 0 radical (unpaired) electrons. The maximum Gasteiger partial charge on any atom is 0.151 e. The molecular weight excluding hydrogens is 350 g/mol. The summed E-state index contributed by atoms with van der Waals surface area (Å²) >= 11 is 2.98. The van der Waals surface area contributed by atoms with Gasteiger partial charge in [0.1, 0.15) is 5.82 Å². The molecular formula is C18H25N5S2. The van der Waals surface area contributed by atoms with Crippen molar-refractivity contribution in [3.05, 3.63) is 53.6 Å². The molecule has 0 fully saturated rings. The lowest BCUT2D eigenvalue weighted by Crippen LogP contribution is -2.07. The number of amidine groups is 1. The predicted molar refractivity (Wildman–Crippen MR) is 110 cm³/mol. The molecule has 0 unspecified atom stereocenters. The van der Waals surface area contributed by atoms with Gasteiger partial charge in [-0.15, -0.1) is 11.8 Å². The fourth-order valence-corrected chi connectivity index (χ4v) is 3.92. The van der Waals surface area contributed by atoms with E-state index in [1.165, 1.54) is 22.9 Å². The van der Waals surface area contributed by atoms with Crippen LogP contribution < -0.4 is 5.73 Å². The Morgan fingerprint density at radius 1 is 1.20 bits per heavy atom. The van der Waals surface area contributed by atoms with Gasteiger partial charge in [0.2, 0.25) is 0 Å². The van der Waals surface area contributed by atoms with Crippen LogP contribution >= 0.6 is 23.5 Å². The van der Waals surface area contributed by atoms with E-state index in [1.807, 2.05) is 13.1 Å². The van der Waals surface area contributed by atoms with Gasteiger partial charge in [0, 0.05) is 30.3 Å². The number of aromatic nitrogens is 2. The number of nitrogens with zero attached hydrogens (tertiary/aromatic N) is 1. The first-order valence-electron chi connectivity index (χ1n) is 8.26. The summed E-state index contributed by atoms with van der Waals surface area (Å²) in [5.41, 5.74) is 7.94. The molecule has 5 N–H and O–H groups in total. The molecule has 5 nitrogen and oxygen atoms in total. The van der Waals surface area contributed by atoms with E-state index < -0.39 is 0 Å².